The highest BCUT2D eigenvalue weighted by Gasteiger charge is 2.31. The SMILES string of the molecule is Cn1nccc1-c1ccnc(N2Cc3ccccc3C(C(=O)O)C2)n1. The quantitative estimate of drug-likeness (QED) is 0.789. The van der Waals surface area contributed by atoms with Crippen LogP contribution in [0.1, 0.15) is 17.0 Å². The molecule has 0 bridgehead atoms. The van der Waals surface area contributed by atoms with Gasteiger partial charge in [0.05, 0.1) is 17.3 Å². The van der Waals surface area contributed by atoms with E-state index < -0.39 is 11.9 Å². The molecular formula is C18H17N5O2. The summed E-state index contributed by atoms with van der Waals surface area (Å²) in [7, 11) is 1.86. The fraction of sp³-hybridized carbons (Fsp3) is 0.222. The number of aryl methyl sites for hydroxylation is 1. The normalized spacial score (nSPS) is 16.5. The van der Waals surface area contributed by atoms with E-state index in [0.29, 0.717) is 19.0 Å². The van der Waals surface area contributed by atoms with E-state index in [1.165, 1.54) is 0 Å². The molecular weight excluding hydrogens is 318 g/mol. The molecule has 25 heavy (non-hydrogen) atoms. The number of anilines is 1. The Balaban J connectivity index is 1.71. The van der Waals surface area contributed by atoms with Crippen LogP contribution in [-0.4, -0.2) is 37.4 Å². The van der Waals surface area contributed by atoms with E-state index in [2.05, 4.69) is 15.1 Å². The first kappa shape index (κ1) is 15.3. The monoisotopic (exact) mass is 335 g/mol. The molecule has 1 aromatic carbocycles. The second kappa shape index (κ2) is 6.01. The van der Waals surface area contributed by atoms with Crippen LogP contribution in [0.5, 0.6) is 0 Å². The van der Waals surface area contributed by atoms with Crippen LogP contribution >= 0.6 is 0 Å². The Bertz CT molecular complexity index is 936. The molecule has 0 fully saturated rings. The lowest BCUT2D eigenvalue weighted by Crippen LogP contribution is -2.37. The summed E-state index contributed by atoms with van der Waals surface area (Å²) in [5.41, 5.74) is 3.51. The van der Waals surface area contributed by atoms with Crippen LogP contribution < -0.4 is 4.90 Å². The number of benzene rings is 1. The van der Waals surface area contributed by atoms with Crippen molar-refractivity contribution >= 4 is 11.9 Å². The number of nitrogens with zero attached hydrogens (tertiary/aromatic N) is 5. The van der Waals surface area contributed by atoms with Gasteiger partial charge in [-0.15, -0.1) is 0 Å². The first-order valence-corrected chi connectivity index (χ1v) is 8.00. The van der Waals surface area contributed by atoms with E-state index in [4.69, 9.17) is 0 Å². The minimum absolute atomic E-state index is 0.348. The van der Waals surface area contributed by atoms with Crippen molar-refractivity contribution in [3.05, 3.63) is 59.9 Å². The van der Waals surface area contributed by atoms with Crippen molar-refractivity contribution in [1.82, 2.24) is 19.7 Å². The molecule has 4 rings (SSSR count). The molecule has 1 atom stereocenters. The van der Waals surface area contributed by atoms with Gasteiger partial charge in [-0.05, 0) is 23.3 Å². The van der Waals surface area contributed by atoms with Crippen molar-refractivity contribution in [2.24, 2.45) is 7.05 Å². The molecule has 1 aliphatic rings. The number of aromatic nitrogens is 4. The number of hydrogen-bond donors (Lipinski definition) is 1. The summed E-state index contributed by atoms with van der Waals surface area (Å²) in [5.74, 6) is -0.895. The van der Waals surface area contributed by atoms with Crippen molar-refractivity contribution in [1.29, 1.82) is 0 Å². The van der Waals surface area contributed by atoms with Crippen molar-refractivity contribution in [2.45, 2.75) is 12.5 Å². The van der Waals surface area contributed by atoms with Gasteiger partial charge in [-0.1, -0.05) is 24.3 Å². The van der Waals surface area contributed by atoms with Crippen molar-refractivity contribution in [3.63, 3.8) is 0 Å². The van der Waals surface area contributed by atoms with Crippen LogP contribution in [0.15, 0.2) is 48.8 Å². The zero-order chi connectivity index (χ0) is 17.4. The Morgan fingerprint density at radius 2 is 2.04 bits per heavy atom. The Hall–Kier alpha value is -3.22. The third-order valence-corrected chi connectivity index (χ3v) is 4.50. The Morgan fingerprint density at radius 1 is 1.20 bits per heavy atom. The molecule has 0 spiro atoms. The Morgan fingerprint density at radius 3 is 2.80 bits per heavy atom. The molecule has 0 aliphatic carbocycles. The number of carboxylic acids is 1. The molecule has 7 nitrogen and oxygen atoms in total. The number of hydrogen-bond acceptors (Lipinski definition) is 5. The molecule has 7 heteroatoms. The molecule has 126 valence electrons. The standard InChI is InChI=1S/C18H17N5O2/c1-22-16(7-9-20-22)15-6-8-19-18(21-15)23-10-12-4-2-3-5-13(12)14(11-23)17(24)25/h2-9,14H,10-11H2,1H3,(H,24,25). The van der Waals surface area contributed by atoms with E-state index in [0.717, 1.165) is 22.5 Å². The average Bonchev–Trinajstić information content (AvgIpc) is 3.06. The number of rotatable bonds is 3. The molecule has 0 radical (unpaired) electrons. The molecule has 0 amide bonds. The lowest BCUT2D eigenvalue weighted by molar-refractivity contribution is -0.138. The second-order valence-corrected chi connectivity index (χ2v) is 6.05. The number of carbonyl (C=O) groups is 1. The third-order valence-electron chi connectivity index (χ3n) is 4.50. The van der Waals surface area contributed by atoms with Crippen LogP contribution in [-0.2, 0) is 18.4 Å². The molecule has 3 aromatic rings. The number of aliphatic carboxylic acids is 1. The van der Waals surface area contributed by atoms with Gasteiger partial charge < -0.3 is 10.0 Å². The summed E-state index contributed by atoms with van der Waals surface area (Å²) in [6.07, 6.45) is 3.41. The largest absolute Gasteiger partial charge is 0.481 e. The molecule has 2 aromatic heterocycles. The first-order chi connectivity index (χ1) is 12.1. The predicted molar refractivity (Wildman–Crippen MR) is 92.1 cm³/mol. The van der Waals surface area contributed by atoms with Gasteiger partial charge >= 0.3 is 5.97 Å². The summed E-state index contributed by atoms with van der Waals surface area (Å²) in [6, 6.07) is 11.4. The molecule has 1 N–H and O–H groups in total. The van der Waals surface area contributed by atoms with Gasteiger partial charge in [0, 0.05) is 32.5 Å². The van der Waals surface area contributed by atoms with E-state index in [-0.39, 0.29) is 0 Å². The highest BCUT2D eigenvalue weighted by molar-refractivity contribution is 5.78. The van der Waals surface area contributed by atoms with Crippen LogP contribution in [0, 0.1) is 0 Å². The number of carboxylic acid groups (broad SMARTS) is 1. The first-order valence-electron chi connectivity index (χ1n) is 8.00. The topological polar surface area (TPSA) is 84.1 Å². The van der Waals surface area contributed by atoms with Crippen molar-refractivity contribution in [3.8, 4) is 11.4 Å². The van der Waals surface area contributed by atoms with Gasteiger partial charge in [-0.3, -0.25) is 9.48 Å². The minimum atomic E-state index is -0.833. The average molecular weight is 335 g/mol. The maximum atomic E-state index is 11.7. The van der Waals surface area contributed by atoms with Gasteiger partial charge in [0.1, 0.15) is 0 Å². The van der Waals surface area contributed by atoms with E-state index in [1.807, 2.05) is 48.3 Å². The van der Waals surface area contributed by atoms with Crippen LogP contribution in [0.4, 0.5) is 5.95 Å². The third kappa shape index (κ3) is 2.73. The fourth-order valence-corrected chi connectivity index (χ4v) is 3.24. The van der Waals surface area contributed by atoms with Crippen LogP contribution in [0.3, 0.4) is 0 Å². The van der Waals surface area contributed by atoms with Crippen molar-refractivity contribution in [2.75, 3.05) is 11.4 Å². The molecule has 0 saturated carbocycles. The Kier molecular flexibility index (Phi) is 3.68. The summed E-state index contributed by atoms with van der Waals surface area (Å²) in [6.45, 7) is 0.940. The molecule has 3 heterocycles. The van der Waals surface area contributed by atoms with Gasteiger partial charge in [-0.2, -0.15) is 5.10 Å². The van der Waals surface area contributed by atoms with Gasteiger partial charge in [0.2, 0.25) is 5.95 Å². The predicted octanol–water partition coefficient (Wildman–Crippen LogP) is 2.07. The van der Waals surface area contributed by atoms with Gasteiger partial charge in [-0.25, -0.2) is 9.97 Å². The van der Waals surface area contributed by atoms with Gasteiger partial charge in [0.25, 0.3) is 0 Å². The summed E-state index contributed by atoms with van der Waals surface area (Å²) >= 11 is 0. The zero-order valence-electron chi connectivity index (χ0n) is 13.7. The molecule has 1 unspecified atom stereocenters. The molecule has 0 saturated heterocycles. The van der Waals surface area contributed by atoms with E-state index in [1.54, 1.807) is 17.1 Å². The summed E-state index contributed by atoms with van der Waals surface area (Å²) < 4.78 is 1.75. The highest BCUT2D eigenvalue weighted by atomic mass is 16.4. The lowest BCUT2D eigenvalue weighted by atomic mass is 9.90. The lowest BCUT2D eigenvalue weighted by Gasteiger charge is -2.32. The summed E-state index contributed by atoms with van der Waals surface area (Å²) in [4.78, 5) is 22.6. The highest BCUT2D eigenvalue weighted by Crippen LogP contribution is 2.30. The van der Waals surface area contributed by atoms with Gasteiger partial charge in [0.15, 0.2) is 0 Å². The van der Waals surface area contributed by atoms with E-state index in [9.17, 15) is 9.90 Å². The van der Waals surface area contributed by atoms with Crippen LogP contribution in [0.2, 0.25) is 0 Å². The smallest absolute Gasteiger partial charge is 0.312 e. The second-order valence-electron chi connectivity index (χ2n) is 6.05. The Labute approximate surface area is 144 Å². The maximum absolute atomic E-state index is 11.7. The van der Waals surface area contributed by atoms with Crippen molar-refractivity contribution < 1.29 is 9.90 Å². The van der Waals surface area contributed by atoms with Crippen LogP contribution in [0.25, 0.3) is 11.4 Å². The fourth-order valence-electron chi connectivity index (χ4n) is 3.24. The number of fused-ring (bicyclic) bond motifs is 1. The molecule has 1 aliphatic heterocycles. The zero-order valence-corrected chi connectivity index (χ0v) is 13.7. The summed E-state index contributed by atoms with van der Waals surface area (Å²) in [5, 5.41) is 13.8. The minimum Gasteiger partial charge on any atom is -0.481 e. The van der Waals surface area contributed by atoms with E-state index >= 15 is 0 Å². The maximum Gasteiger partial charge on any atom is 0.312 e.